The fourth-order valence-corrected chi connectivity index (χ4v) is 3.10. The van der Waals surface area contributed by atoms with Gasteiger partial charge in [-0.2, -0.15) is 5.26 Å². The summed E-state index contributed by atoms with van der Waals surface area (Å²) in [7, 11) is 0.0579. The van der Waals surface area contributed by atoms with Crippen LogP contribution in [0, 0.1) is 11.3 Å². The van der Waals surface area contributed by atoms with E-state index in [2.05, 4.69) is 0 Å². The van der Waals surface area contributed by atoms with E-state index in [1.165, 1.54) is 18.2 Å². The molecule has 5 heteroatoms. The number of hydrogen-bond acceptors (Lipinski definition) is 4. The van der Waals surface area contributed by atoms with Crippen LogP contribution >= 0.6 is 0 Å². The molecule has 0 fully saturated rings. The predicted octanol–water partition coefficient (Wildman–Crippen LogP) is 3.09. The Kier molecular flexibility index (Phi) is 4.64. The zero-order valence-electron chi connectivity index (χ0n) is 12.4. The van der Waals surface area contributed by atoms with Gasteiger partial charge in [-0.1, -0.05) is 30.3 Å². The van der Waals surface area contributed by atoms with Crippen molar-refractivity contribution in [3.8, 4) is 6.07 Å². The molecule has 22 heavy (non-hydrogen) atoms. The van der Waals surface area contributed by atoms with Crippen molar-refractivity contribution >= 4 is 21.6 Å². The first-order chi connectivity index (χ1) is 10.4. The second-order valence-electron chi connectivity index (χ2n) is 4.92. The summed E-state index contributed by atoms with van der Waals surface area (Å²) in [6, 6.07) is 17.1. The van der Waals surface area contributed by atoms with E-state index in [0.717, 1.165) is 5.69 Å². The first kappa shape index (κ1) is 15.8. The molecule has 0 saturated carbocycles. The van der Waals surface area contributed by atoms with E-state index < -0.39 is 9.84 Å². The van der Waals surface area contributed by atoms with Crippen LogP contribution in [0.1, 0.15) is 5.56 Å². The Hall–Kier alpha value is -2.58. The molecule has 0 amide bonds. The highest BCUT2D eigenvalue weighted by Gasteiger charge is 2.20. The van der Waals surface area contributed by atoms with Gasteiger partial charge in [-0.15, -0.1) is 0 Å². The molecule has 2 aromatic rings. The normalized spacial score (nSPS) is 11.8. The maximum Gasteiger partial charge on any atom is 0.216 e. The third-order valence-corrected chi connectivity index (χ3v) is 4.84. The van der Waals surface area contributed by atoms with E-state index in [-0.39, 0.29) is 9.80 Å². The highest BCUT2D eigenvalue weighted by Crippen LogP contribution is 2.22. The zero-order chi connectivity index (χ0) is 16.2. The van der Waals surface area contributed by atoms with E-state index in [1.54, 1.807) is 36.4 Å². The van der Waals surface area contributed by atoms with E-state index in [9.17, 15) is 13.7 Å². The second kappa shape index (κ2) is 6.46. The molecule has 0 radical (unpaired) electrons. The average molecular weight is 312 g/mol. The summed E-state index contributed by atoms with van der Waals surface area (Å²) in [5, 5.41) is 9.22. The molecule has 0 N–H and O–H groups in total. The lowest BCUT2D eigenvalue weighted by molar-refractivity contribution is 0.603. The number of allylic oxidation sites excluding steroid dienone is 1. The van der Waals surface area contributed by atoms with Crippen molar-refractivity contribution in [2.24, 2.45) is 0 Å². The van der Waals surface area contributed by atoms with Crippen LogP contribution in [-0.4, -0.2) is 22.5 Å². The monoisotopic (exact) mass is 312 g/mol. The number of rotatable bonds is 4. The zero-order valence-corrected chi connectivity index (χ0v) is 13.2. The van der Waals surface area contributed by atoms with Gasteiger partial charge in [0.25, 0.3) is 0 Å². The first-order valence-corrected chi connectivity index (χ1v) is 8.13. The van der Waals surface area contributed by atoms with Gasteiger partial charge >= 0.3 is 0 Å². The van der Waals surface area contributed by atoms with Gasteiger partial charge in [-0.3, -0.25) is 0 Å². The molecule has 0 atom stereocenters. The van der Waals surface area contributed by atoms with Crippen molar-refractivity contribution in [2.75, 3.05) is 19.0 Å². The molecule has 0 aliphatic rings. The van der Waals surface area contributed by atoms with Crippen LogP contribution in [0.25, 0.3) is 6.08 Å². The van der Waals surface area contributed by atoms with Crippen molar-refractivity contribution in [3.63, 3.8) is 0 Å². The Morgan fingerprint density at radius 2 is 1.64 bits per heavy atom. The highest BCUT2D eigenvalue weighted by molar-refractivity contribution is 7.95. The Morgan fingerprint density at radius 1 is 1.05 bits per heavy atom. The fourth-order valence-electron chi connectivity index (χ4n) is 1.92. The minimum absolute atomic E-state index is 0.118. The molecule has 0 unspecified atom stereocenters. The molecular weight excluding hydrogens is 296 g/mol. The predicted molar refractivity (Wildman–Crippen MR) is 88.0 cm³/mol. The summed E-state index contributed by atoms with van der Waals surface area (Å²) in [4.78, 5) is 1.79. The van der Waals surface area contributed by atoms with Crippen LogP contribution in [0.5, 0.6) is 0 Å². The van der Waals surface area contributed by atoms with Gasteiger partial charge in [-0.05, 0) is 35.9 Å². The Bertz CT molecular complexity index is 815. The minimum Gasteiger partial charge on any atom is -0.378 e. The largest absolute Gasteiger partial charge is 0.378 e. The minimum atomic E-state index is -3.79. The van der Waals surface area contributed by atoms with Crippen molar-refractivity contribution in [3.05, 3.63) is 65.1 Å². The number of anilines is 1. The van der Waals surface area contributed by atoms with Gasteiger partial charge in [0.2, 0.25) is 9.84 Å². The number of nitrogens with zero attached hydrogens (tertiary/aromatic N) is 2. The molecule has 0 bridgehead atoms. The molecule has 0 aliphatic carbocycles. The summed E-state index contributed by atoms with van der Waals surface area (Å²) in [5.74, 6) is 0. The molecule has 4 nitrogen and oxygen atoms in total. The third-order valence-electron chi connectivity index (χ3n) is 3.16. The maximum absolute atomic E-state index is 12.4. The van der Waals surface area contributed by atoms with Crippen LogP contribution in [0.2, 0.25) is 0 Å². The molecule has 0 saturated heterocycles. The summed E-state index contributed by atoms with van der Waals surface area (Å²) in [6.45, 7) is 0. The van der Waals surface area contributed by atoms with Gasteiger partial charge < -0.3 is 4.90 Å². The SMILES string of the molecule is CN(C)c1ccc(C=C(C#N)S(=O)(=O)c2ccccc2)cc1. The highest BCUT2D eigenvalue weighted by atomic mass is 32.2. The first-order valence-electron chi connectivity index (χ1n) is 6.64. The van der Waals surface area contributed by atoms with Crippen LogP contribution < -0.4 is 4.90 Å². The van der Waals surface area contributed by atoms with Crippen LogP contribution in [0.15, 0.2) is 64.4 Å². The standard InChI is InChI=1S/C17H16N2O2S/c1-19(2)15-10-8-14(9-11-15)12-17(13-18)22(20,21)16-6-4-3-5-7-16/h3-12H,1-2H3. The lowest BCUT2D eigenvalue weighted by Gasteiger charge is -2.12. The van der Waals surface area contributed by atoms with E-state index in [1.807, 2.05) is 31.1 Å². The number of hydrogen-bond donors (Lipinski definition) is 0. The Balaban J connectivity index is 2.42. The molecule has 0 aromatic heterocycles. The van der Waals surface area contributed by atoms with E-state index in [0.29, 0.717) is 5.56 Å². The van der Waals surface area contributed by atoms with Crippen molar-refractivity contribution in [1.29, 1.82) is 5.26 Å². The molecule has 0 heterocycles. The summed E-state index contributed by atoms with van der Waals surface area (Å²) < 4.78 is 24.9. The van der Waals surface area contributed by atoms with Gasteiger partial charge in [0.1, 0.15) is 11.0 Å². The van der Waals surface area contributed by atoms with Gasteiger partial charge in [-0.25, -0.2) is 8.42 Å². The van der Waals surface area contributed by atoms with Crippen LogP contribution in [0.3, 0.4) is 0 Å². The van der Waals surface area contributed by atoms with Crippen LogP contribution in [-0.2, 0) is 9.84 Å². The second-order valence-corrected chi connectivity index (χ2v) is 6.84. The summed E-state index contributed by atoms with van der Waals surface area (Å²) >= 11 is 0. The van der Waals surface area contributed by atoms with E-state index >= 15 is 0 Å². The molecular formula is C17H16N2O2S. The van der Waals surface area contributed by atoms with Gasteiger partial charge in [0.05, 0.1) is 4.90 Å². The topological polar surface area (TPSA) is 61.2 Å². The third kappa shape index (κ3) is 3.35. The Morgan fingerprint density at radius 3 is 2.14 bits per heavy atom. The van der Waals surface area contributed by atoms with Crippen LogP contribution in [0.4, 0.5) is 5.69 Å². The van der Waals surface area contributed by atoms with Gasteiger partial charge in [0.15, 0.2) is 0 Å². The summed E-state index contributed by atoms with van der Waals surface area (Å²) in [5.41, 5.74) is 1.67. The maximum atomic E-state index is 12.4. The smallest absolute Gasteiger partial charge is 0.216 e. The molecule has 112 valence electrons. The quantitative estimate of drug-likeness (QED) is 0.814. The fraction of sp³-hybridized carbons (Fsp3) is 0.118. The van der Waals surface area contributed by atoms with Gasteiger partial charge in [0, 0.05) is 19.8 Å². The number of benzene rings is 2. The van der Waals surface area contributed by atoms with Crippen molar-refractivity contribution < 1.29 is 8.42 Å². The number of sulfone groups is 1. The number of nitriles is 1. The van der Waals surface area contributed by atoms with E-state index in [4.69, 9.17) is 0 Å². The molecule has 0 spiro atoms. The molecule has 2 aromatic carbocycles. The lowest BCUT2D eigenvalue weighted by Crippen LogP contribution is -2.08. The molecule has 0 aliphatic heterocycles. The lowest BCUT2D eigenvalue weighted by atomic mass is 10.2. The average Bonchev–Trinajstić information content (AvgIpc) is 2.53. The van der Waals surface area contributed by atoms with Crippen molar-refractivity contribution in [2.45, 2.75) is 4.90 Å². The molecule has 2 rings (SSSR count). The van der Waals surface area contributed by atoms with Crippen molar-refractivity contribution in [1.82, 2.24) is 0 Å². The Labute approximate surface area is 130 Å². The summed E-state index contributed by atoms with van der Waals surface area (Å²) in [6.07, 6.45) is 1.39.